The van der Waals surface area contributed by atoms with Crippen molar-refractivity contribution < 1.29 is 29.0 Å². The zero-order valence-corrected chi connectivity index (χ0v) is 17.1. The van der Waals surface area contributed by atoms with Gasteiger partial charge in [-0.1, -0.05) is 30.3 Å². The Bertz CT molecular complexity index is 667. The molecule has 0 heterocycles. The van der Waals surface area contributed by atoms with Gasteiger partial charge in [0.2, 0.25) is 0 Å². The molecule has 1 rings (SSSR count). The van der Waals surface area contributed by atoms with E-state index in [1.807, 2.05) is 30.3 Å². The summed E-state index contributed by atoms with van der Waals surface area (Å²) in [7, 11) is 0. The lowest BCUT2D eigenvalue weighted by Crippen LogP contribution is -2.50. The summed E-state index contributed by atoms with van der Waals surface area (Å²) in [6, 6.07) is 8.41. The van der Waals surface area contributed by atoms with Gasteiger partial charge in [0, 0.05) is 11.6 Å². The highest BCUT2D eigenvalue weighted by molar-refractivity contribution is 5.71. The fraction of sp³-hybridized carbons (Fsp3) is 0.550. The lowest BCUT2D eigenvalue weighted by Gasteiger charge is -2.31. The van der Waals surface area contributed by atoms with Gasteiger partial charge in [0.1, 0.15) is 12.2 Å². The van der Waals surface area contributed by atoms with Crippen LogP contribution in [-0.4, -0.2) is 40.4 Å². The summed E-state index contributed by atoms with van der Waals surface area (Å²) in [5, 5.41) is 14.4. The first-order valence-corrected chi connectivity index (χ1v) is 9.06. The fourth-order valence-corrected chi connectivity index (χ4v) is 2.56. The minimum absolute atomic E-state index is 0.0754. The number of rotatable bonds is 8. The third-order valence-corrected chi connectivity index (χ3v) is 3.55. The smallest absolute Gasteiger partial charge is 0.408 e. The molecule has 8 nitrogen and oxygen atoms in total. The Morgan fingerprint density at radius 2 is 1.64 bits per heavy atom. The number of carbonyl (C=O) groups is 3. The lowest BCUT2D eigenvalue weighted by molar-refractivity contribution is -0.137. The van der Waals surface area contributed by atoms with Crippen molar-refractivity contribution in [1.29, 1.82) is 0 Å². The van der Waals surface area contributed by atoms with Gasteiger partial charge in [-0.05, 0) is 46.6 Å². The van der Waals surface area contributed by atoms with Crippen molar-refractivity contribution in [2.24, 2.45) is 0 Å². The first-order chi connectivity index (χ1) is 12.9. The predicted molar refractivity (Wildman–Crippen MR) is 104 cm³/mol. The molecule has 1 atom stereocenters. The van der Waals surface area contributed by atoms with Gasteiger partial charge in [-0.15, -0.1) is 0 Å². The Hall–Kier alpha value is -2.77. The van der Waals surface area contributed by atoms with Crippen molar-refractivity contribution in [3.63, 3.8) is 0 Å². The minimum atomic E-state index is -1.07. The van der Waals surface area contributed by atoms with Gasteiger partial charge >= 0.3 is 18.2 Å². The quantitative estimate of drug-likeness (QED) is 0.622. The van der Waals surface area contributed by atoms with Crippen molar-refractivity contribution in [2.45, 2.75) is 71.2 Å². The Kier molecular flexibility index (Phi) is 8.28. The predicted octanol–water partition coefficient (Wildman–Crippen LogP) is 3.45. The number of amides is 2. The van der Waals surface area contributed by atoms with Gasteiger partial charge in [0.15, 0.2) is 0 Å². The zero-order valence-electron chi connectivity index (χ0n) is 17.1. The van der Waals surface area contributed by atoms with E-state index in [0.717, 1.165) is 5.56 Å². The van der Waals surface area contributed by atoms with Crippen molar-refractivity contribution in [1.82, 2.24) is 10.6 Å². The molecule has 1 aromatic rings. The summed E-state index contributed by atoms with van der Waals surface area (Å²) in [6.07, 6.45) is -1.46. The number of hydrogen-bond acceptors (Lipinski definition) is 5. The maximum absolute atomic E-state index is 12.1. The number of aliphatic carboxylic acids is 1. The van der Waals surface area contributed by atoms with Crippen LogP contribution < -0.4 is 10.6 Å². The van der Waals surface area contributed by atoms with Crippen LogP contribution >= 0.6 is 0 Å². The van der Waals surface area contributed by atoms with Gasteiger partial charge in [-0.3, -0.25) is 4.79 Å². The second-order valence-electron chi connectivity index (χ2n) is 8.22. The van der Waals surface area contributed by atoms with Crippen LogP contribution in [-0.2, 0) is 20.9 Å². The van der Waals surface area contributed by atoms with E-state index in [4.69, 9.17) is 14.6 Å². The molecule has 0 aromatic heterocycles. The second kappa shape index (κ2) is 9.96. The first kappa shape index (κ1) is 23.3. The minimum Gasteiger partial charge on any atom is -0.481 e. The number of ether oxygens (including phenoxy) is 2. The average molecular weight is 394 g/mol. The molecule has 156 valence electrons. The van der Waals surface area contributed by atoms with Crippen LogP contribution in [0.4, 0.5) is 9.59 Å². The molecule has 0 fully saturated rings. The SMILES string of the molecule is CC(C)(CC(CC(=O)O)NC(=O)OCc1ccccc1)NC(=O)OC(C)(C)C. The fourth-order valence-electron chi connectivity index (χ4n) is 2.56. The topological polar surface area (TPSA) is 114 Å². The molecule has 28 heavy (non-hydrogen) atoms. The Morgan fingerprint density at radius 1 is 1.04 bits per heavy atom. The maximum Gasteiger partial charge on any atom is 0.408 e. The van der Waals surface area contributed by atoms with Crippen LogP contribution in [0.3, 0.4) is 0 Å². The molecule has 2 amide bonds. The summed E-state index contributed by atoms with van der Waals surface area (Å²) < 4.78 is 10.4. The molecule has 0 saturated carbocycles. The first-order valence-electron chi connectivity index (χ1n) is 9.06. The van der Waals surface area contributed by atoms with Gasteiger partial charge in [0.05, 0.1) is 6.42 Å². The monoisotopic (exact) mass is 394 g/mol. The molecule has 0 radical (unpaired) electrons. The number of hydrogen-bond donors (Lipinski definition) is 3. The molecule has 0 aliphatic rings. The molecule has 0 aliphatic carbocycles. The number of nitrogens with one attached hydrogen (secondary N) is 2. The number of carboxylic acids is 1. The number of carboxylic acid groups (broad SMARTS) is 1. The number of alkyl carbamates (subject to hydrolysis) is 2. The van der Waals surface area contributed by atoms with E-state index >= 15 is 0 Å². The summed E-state index contributed by atoms with van der Waals surface area (Å²) >= 11 is 0. The highest BCUT2D eigenvalue weighted by atomic mass is 16.6. The number of carbonyl (C=O) groups excluding carboxylic acids is 2. The van der Waals surface area contributed by atoms with Crippen LogP contribution in [0.15, 0.2) is 30.3 Å². The summed E-state index contributed by atoms with van der Waals surface area (Å²) in [4.78, 5) is 35.2. The third kappa shape index (κ3) is 10.4. The molecule has 0 spiro atoms. The standard InChI is InChI=1S/C20H30N2O6/c1-19(2,3)28-18(26)22-20(4,5)12-15(11-16(23)24)21-17(25)27-13-14-9-7-6-8-10-14/h6-10,15H,11-13H2,1-5H3,(H,21,25)(H,22,26)(H,23,24). The molecule has 0 aliphatic heterocycles. The molecular formula is C20H30N2O6. The highest BCUT2D eigenvalue weighted by Gasteiger charge is 2.29. The molecule has 8 heteroatoms. The summed E-state index contributed by atoms with van der Waals surface area (Å²) in [6.45, 7) is 8.77. The van der Waals surface area contributed by atoms with Gasteiger partial charge in [-0.25, -0.2) is 9.59 Å². The largest absolute Gasteiger partial charge is 0.481 e. The van der Waals surface area contributed by atoms with E-state index in [1.54, 1.807) is 34.6 Å². The molecule has 3 N–H and O–H groups in total. The Labute approximate surface area is 165 Å². The normalized spacial score (nSPS) is 12.6. The molecule has 1 aromatic carbocycles. The van der Waals surface area contributed by atoms with Gasteiger partial charge in [-0.2, -0.15) is 0 Å². The van der Waals surface area contributed by atoms with Crippen molar-refractivity contribution in [2.75, 3.05) is 0 Å². The van der Waals surface area contributed by atoms with Gasteiger partial charge < -0.3 is 25.2 Å². The van der Waals surface area contributed by atoms with Crippen LogP contribution in [0, 0.1) is 0 Å². The van der Waals surface area contributed by atoms with Crippen LogP contribution in [0.5, 0.6) is 0 Å². The number of benzene rings is 1. The van der Waals surface area contributed by atoms with Crippen molar-refractivity contribution in [3.05, 3.63) is 35.9 Å². The summed E-state index contributed by atoms with van der Waals surface area (Å²) in [5.74, 6) is -1.07. The Morgan fingerprint density at radius 3 is 2.18 bits per heavy atom. The molecule has 0 bridgehead atoms. The van der Waals surface area contributed by atoms with E-state index in [9.17, 15) is 14.4 Å². The molecule has 0 saturated heterocycles. The van der Waals surface area contributed by atoms with E-state index in [0.29, 0.717) is 0 Å². The lowest BCUT2D eigenvalue weighted by atomic mass is 9.93. The Balaban J connectivity index is 2.64. The zero-order chi connectivity index (χ0) is 21.4. The van der Waals surface area contributed by atoms with Crippen LogP contribution in [0.1, 0.15) is 53.0 Å². The van der Waals surface area contributed by atoms with Gasteiger partial charge in [0.25, 0.3) is 0 Å². The van der Waals surface area contributed by atoms with E-state index in [-0.39, 0.29) is 19.4 Å². The van der Waals surface area contributed by atoms with E-state index in [2.05, 4.69) is 10.6 Å². The van der Waals surface area contributed by atoms with Crippen LogP contribution in [0.25, 0.3) is 0 Å². The highest BCUT2D eigenvalue weighted by Crippen LogP contribution is 2.16. The van der Waals surface area contributed by atoms with E-state index < -0.39 is 35.3 Å². The molecular weight excluding hydrogens is 364 g/mol. The third-order valence-electron chi connectivity index (χ3n) is 3.55. The van der Waals surface area contributed by atoms with Crippen molar-refractivity contribution >= 4 is 18.2 Å². The second-order valence-corrected chi connectivity index (χ2v) is 8.22. The molecule has 1 unspecified atom stereocenters. The maximum atomic E-state index is 12.1. The van der Waals surface area contributed by atoms with Crippen molar-refractivity contribution in [3.8, 4) is 0 Å². The average Bonchev–Trinajstić information content (AvgIpc) is 2.50. The summed E-state index contributed by atoms with van der Waals surface area (Å²) in [5.41, 5.74) is -0.644. The van der Waals surface area contributed by atoms with E-state index in [1.165, 1.54) is 0 Å². The van der Waals surface area contributed by atoms with Crippen LogP contribution in [0.2, 0.25) is 0 Å².